The van der Waals surface area contributed by atoms with E-state index >= 15 is 0 Å². The zero-order valence-corrected chi connectivity index (χ0v) is 14.8. The van der Waals surface area contributed by atoms with Crippen molar-refractivity contribution in [3.63, 3.8) is 0 Å². The Morgan fingerprint density at radius 3 is 2.60 bits per heavy atom. The first-order valence-corrected chi connectivity index (χ1v) is 8.58. The number of rotatable bonds is 6. The molecule has 114 valence electrons. The Morgan fingerprint density at radius 2 is 2.00 bits per heavy atom. The number of aromatic nitrogens is 2. The second-order valence-corrected chi connectivity index (χ2v) is 6.35. The van der Waals surface area contributed by atoms with Gasteiger partial charge in [0.2, 0.25) is 0 Å². The van der Waals surface area contributed by atoms with Gasteiger partial charge in [-0.25, -0.2) is 0 Å². The van der Waals surface area contributed by atoms with Gasteiger partial charge in [-0.15, -0.1) is 0 Å². The number of hydrogen-bond acceptors (Lipinski definition) is 3. The van der Waals surface area contributed by atoms with Gasteiger partial charge in [0.25, 0.3) is 0 Å². The third kappa shape index (κ3) is 3.26. The van der Waals surface area contributed by atoms with Crippen LogP contribution < -0.4 is 0 Å². The van der Waals surface area contributed by atoms with Gasteiger partial charge in [0.15, 0.2) is 0 Å². The van der Waals surface area contributed by atoms with Crippen LogP contribution in [0.3, 0.4) is 0 Å². The van der Waals surface area contributed by atoms with Crippen molar-refractivity contribution in [2.24, 2.45) is 0 Å². The zero-order valence-electron chi connectivity index (χ0n) is 13.2. The maximum atomic E-state index is 4.59. The van der Waals surface area contributed by atoms with Crippen molar-refractivity contribution in [2.75, 3.05) is 26.2 Å². The molecular weight excluding hydrogens is 316 g/mol. The molecule has 0 aromatic carbocycles. The summed E-state index contributed by atoms with van der Waals surface area (Å²) in [5, 5.41) is 4.59. The molecule has 0 spiro atoms. The number of aryl methyl sites for hydroxylation is 2. The lowest BCUT2D eigenvalue weighted by Gasteiger charge is -2.26. The second kappa shape index (κ2) is 7.05. The summed E-state index contributed by atoms with van der Waals surface area (Å²) in [6, 6.07) is 0.725. The van der Waals surface area contributed by atoms with E-state index in [1.54, 1.807) is 0 Å². The topological polar surface area (TPSA) is 24.3 Å². The molecule has 2 rings (SSSR count). The molecule has 1 aromatic rings. The van der Waals surface area contributed by atoms with Crippen LogP contribution in [0.25, 0.3) is 0 Å². The monoisotopic (exact) mass is 342 g/mol. The molecule has 1 unspecified atom stereocenters. The molecule has 0 bridgehead atoms. The molecule has 5 heteroatoms. The zero-order chi connectivity index (χ0) is 14.7. The summed E-state index contributed by atoms with van der Waals surface area (Å²) in [5.74, 6) is 0. The normalized spacial score (nSPS) is 20.2. The van der Waals surface area contributed by atoms with Crippen LogP contribution in [0, 0.1) is 6.92 Å². The summed E-state index contributed by atoms with van der Waals surface area (Å²) in [6.07, 6.45) is 1.29. The first-order valence-electron chi connectivity index (χ1n) is 7.78. The van der Waals surface area contributed by atoms with Crippen molar-refractivity contribution in [3.05, 3.63) is 15.9 Å². The molecule has 1 aliphatic rings. The van der Waals surface area contributed by atoms with E-state index in [9.17, 15) is 0 Å². The van der Waals surface area contributed by atoms with Crippen LogP contribution in [0.5, 0.6) is 0 Å². The van der Waals surface area contributed by atoms with Gasteiger partial charge in [-0.05, 0) is 49.3 Å². The molecule has 1 aliphatic heterocycles. The largest absolute Gasteiger partial charge is 0.300 e. The van der Waals surface area contributed by atoms with E-state index in [-0.39, 0.29) is 0 Å². The summed E-state index contributed by atoms with van der Waals surface area (Å²) in [4.78, 5) is 5.15. The average Bonchev–Trinajstić information content (AvgIpc) is 3.01. The Labute approximate surface area is 131 Å². The molecule has 4 nitrogen and oxygen atoms in total. The van der Waals surface area contributed by atoms with Gasteiger partial charge in [0.1, 0.15) is 0 Å². The minimum absolute atomic E-state index is 0.725. The Balaban J connectivity index is 2.02. The highest BCUT2D eigenvalue weighted by Crippen LogP contribution is 2.25. The van der Waals surface area contributed by atoms with Crippen molar-refractivity contribution in [2.45, 2.75) is 53.2 Å². The predicted molar refractivity (Wildman–Crippen MR) is 86.9 cm³/mol. The lowest BCUT2D eigenvalue weighted by Crippen LogP contribution is -2.37. The number of halogens is 1. The number of nitrogens with zero attached hydrogens (tertiary/aromatic N) is 4. The number of likely N-dealkylation sites (N-methyl/N-ethyl adjacent to an activating group) is 1. The Morgan fingerprint density at radius 1 is 1.30 bits per heavy atom. The molecule has 2 heterocycles. The van der Waals surface area contributed by atoms with Crippen LogP contribution in [0.1, 0.15) is 38.6 Å². The van der Waals surface area contributed by atoms with Gasteiger partial charge in [-0.1, -0.05) is 13.8 Å². The van der Waals surface area contributed by atoms with Crippen molar-refractivity contribution in [3.8, 4) is 0 Å². The van der Waals surface area contributed by atoms with Gasteiger partial charge in [0.05, 0.1) is 15.9 Å². The first-order chi connectivity index (χ1) is 9.60. The summed E-state index contributed by atoms with van der Waals surface area (Å²) < 4.78 is 3.31. The Kier molecular flexibility index (Phi) is 5.64. The minimum Gasteiger partial charge on any atom is -0.300 e. The van der Waals surface area contributed by atoms with Crippen LogP contribution >= 0.6 is 15.9 Å². The molecule has 1 saturated heterocycles. The van der Waals surface area contributed by atoms with E-state index in [2.05, 4.69) is 63.2 Å². The minimum atomic E-state index is 0.725. The van der Waals surface area contributed by atoms with Gasteiger partial charge in [-0.3, -0.25) is 14.5 Å². The van der Waals surface area contributed by atoms with Gasteiger partial charge < -0.3 is 0 Å². The molecule has 0 N–H and O–H groups in total. The molecule has 1 atom stereocenters. The van der Waals surface area contributed by atoms with Crippen LogP contribution in [-0.2, 0) is 13.1 Å². The lowest BCUT2D eigenvalue weighted by atomic mass is 10.2. The Hall–Kier alpha value is -0.390. The highest BCUT2D eigenvalue weighted by atomic mass is 79.9. The summed E-state index contributed by atoms with van der Waals surface area (Å²) in [7, 11) is 0. The molecule has 0 saturated carbocycles. The van der Waals surface area contributed by atoms with E-state index in [0.29, 0.717) is 0 Å². The lowest BCUT2D eigenvalue weighted by molar-refractivity contribution is 0.207. The Bertz CT molecular complexity index is 439. The number of hydrogen-bond donors (Lipinski definition) is 0. The van der Waals surface area contributed by atoms with E-state index in [4.69, 9.17) is 0 Å². The molecule has 1 aromatic heterocycles. The van der Waals surface area contributed by atoms with E-state index < -0.39 is 0 Å². The quantitative estimate of drug-likeness (QED) is 0.794. The maximum Gasteiger partial charge on any atom is 0.0739 e. The predicted octanol–water partition coefficient (Wildman–Crippen LogP) is 2.89. The van der Waals surface area contributed by atoms with Gasteiger partial charge >= 0.3 is 0 Å². The standard InChI is InChI=1S/C15H27BrN4/c1-5-19(6-2)13-8-9-18(10-13)11-14-15(16)12(4)17-20(14)7-3/h13H,5-11H2,1-4H3. The first kappa shape index (κ1) is 16.0. The fraction of sp³-hybridized carbons (Fsp3) is 0.800. The fourth-order valence-corrected chi connectivity index (χ4v) is 3.64. The van der Waals surface area contributed by atoms with E-state index in [1.807, 2.05) is 0 Å². The SMILES string of the molecule is CCN(CC)C1CCN(Cc2c(Br)c(C)nn2CC)C1. The van der Waals surface area contributed by atoms with Crippen molar-refractivity contribution in [1.82, 2.24) is 19.6 Å². The van der Waals surface area contributed by atoms with Gasteiger partial charge in [0, 0.05) is 32.2 Å². The molecule has 20 heavy (non-hydrogen) atoms. The van der Waals surface area contributed by atoms with E-state index in [0.717, 1.165) is 37.9 Å². The summed E-state index contributed by atoms with van der Waals surface area (Å²) in [5.41, 5.74) is 2.42. The van der Waals surface area contributed by atoms with Crippen molar-refractivity contribution in [1.29, 1.82) is 0 Å². The average molecular weight is 343 g/mol. The maximum absolute atomic E-state index is 4.59. The summed E-state index contributed by atoms with van der Waals surface area (Å²) >= 11 is 3.70. The van der Waals surface area contributed by atoms with Crippen molar-refractivity contribution >= 4 is 15.9 Å². The molecular formula is C15H27BrN4. The third-order valence-corrected chi connectivity index (χ3v) is 5.43. The molecule has 1 fully saturated rings. The van der Waals surface area contributed by atoms with Crippen LogP contribution in [-0.4, -0.2) is 51.8 Å². The number of likely N-dealkylation sites (tertiary alicyclic amines) is 1. The van der Waals surface area contributed by atoms with Crippen LogP contribution in [0.2, 0.25) is 0 Å². The van der Waals surface area contributed by atoms with Crippen LogP contribution in [0.15, 0.2) is 4.47 Å². The van der Waals surface area contributed by atoms with Crippen molar-refractivity contribution < 1.29 is 0 Å². The smallest absolute Gasteiger partial charge is 0.0739 e. The fourth-order valence-electron chi connectivity index (χ4n) is 3.23. The molecule has 0 radical (unpaired) electrons. The third-order valence-electron chi connectivity index (χ3n) is 4.40. The van der Waals surface area contributed by atoms with Crippen LogP contribution in [0.4, 0.5) is 0 Å². The van der Waals surface area contributed by atoms with E-state index in [1.165, 1.54) is 29.7 Å². The molecule has 0 amide bonds. The second-order valence-electron chi connectivity index (χ2n) is 5.56. The summed E-state index contributed by atoms with van der Waals surface area (Å²) in [6.45, 7) is 15.4. The highest BCUT2D eigenvalue weighted by molar-refractivity contribution is 9.10. The highest BCUT2D eigenvalue weighted by Gasteiger charge is 2.27. The molecule has 0 aliphatic carbocycles. The van der Waals surface area contributed by atoms with Gasteiger partial charge in [-0.2, -0.15) is 5.10 Å².